The van der Waals surface area contributed by atoms with E-state index in [0.717, 1.165) is 26.2 Å². The topological polar surface area (TPSA) is 62.8 Å². The highest BCUT2D eigenvalue weighted by molar-refractivity contribution is 5.47. The minimum Gasteiger partial charge on any atom is -0.404 e. The van der Waals surface area contributed by atoms with E-state index in [1.54, 1.807) is 6.07 Å². The molecule has 1 aromatic carbocycles. The lowest BCUT2D eigenvalue weighted by Gasteiger charge is -2.22. The maximum absolute atomic E-state index is 10.7. The first-order valence-corrected chi connectivity index (χ1v) is 7.94. The zero-order valence-corrected chi connectivity index (χ0v) is 12.8. The molecule has 2 aliphatic heterocycles. The highest BCUT2D eigenvalue weighted by Gasteiger charge is 2.40. The van der Waals surface area contributed by atoms with Gasteiger partial charge >= 0.3 is 5.88 Å². The van der Waals surface area contributed by atoms with Gasteiger partial charge in [-0.25, -0.2) is 0 Å². The summed E-state index contributed by atoms with van der Waals surface area (Å²) in [4.78, 5) is 15.0. The van der Waals surface area contributed by atoms with E-state index in [4.69, 9.17) is 4.42 Å². The van der Waals surface area contributed by atoms with Crippen LogP contribution in [-0.2, 0) is 6.54 Å². The molecule has 2 atom stereocenters. The number of hydrogen-bond acceptors (Lipinski definition) is 5. The van der Waals surface area contributed by atoms with Gasteiger partial charge in [0.05, 0.1) is 12.6 Å². The summed E-state index contributed by atoms with van der Waals surface area (Å²) in [6.45, 7) is 4.89. The molecule has 0 saturated carbocycles. The first kappa shape index (κ1) is 14.3. The van der Waals surface area contributed by atoms with Crippen LogP contribution in [0.4, 0.5) is 11.6 Å². The van der Waals surface area contributed by atoms with Gasteiger partial charge in [0.1, 0.15) is 10.7 Å². The number of para-hydroxylation sites is 1. The quantitative estimate of drug-likeness (QED) is 0.641. The van der Waals surface area contributed by atoms with E-state index in [2.05, 4.69) is 34.1 Å². The van der Waals surface area contributed by atoms with Crippen molar-refractivity contribution >= 4 is 11.6 Å². The largest absolute Gasteiger partial charge is 0.433 e. The van der Waals surface area contributed by atoms with Crippen LogP contribution in [0.1, 0.15) is 5.76 Å². The Balaban J connectivity index is 1.36. The average Bonchev–Trinajstić information content (AvgIpc) is 3.23. The van der Waals surface area contributed by atoms with Gasteiger partial charge < -0.3 is 9.32 Å². The maximum Gasteiger partial charge on any atom is 0.433 e. The molecule has 0 radical (unpaired) electrons. The van der Waals surface area contributed by atoms with Crippen LogP contribution in [0.15, 0.2) is 46.9 Å². The summed E-state index contributed by atoms with van der Waals surface area (Å²) in [6.07, 6.45) is 0. The number of fused-ring (bicyclic) bond motifs is 1. The number of anilines is 1. The Morgan fingerprint density at radius 3 is 2.35 bits per heavy atom. The fraction of sp³-hybridized carbons (Fsp3) is 0.412. The minimum absolute atomic E-state index is 0.172. The molecule has 4 rings (SSSR count). The summed E-state index contributed by atoms with van der Waals surface area (Å²) in [5, 5.41) is 10.7. The number of hydrogen-bond donors (Lipinski definition) is 0. The van der Waals surface area contributed by atoms with Crippen LogP contribution >= 0.6 is 0 Å². The van der Waals surface area contributed by atoms with Crippen LogP contribution in [-0.4, -0.2) is 36.0 Å². The van der Waals surface area contributed by atoms with Gasteiger partial charge in [0, 0.05) is 31.9 Å². The van der Waals surface area contributed by atoms with Crippen molar-refractivity contribution in [2.45, 2.75) is 6.54 Å². The molecule has 2 aliphatic rings. The Bertz CT molecular complexity index is 686. The molecule has 0 aliphatic carbocycles. The van der Waals surface area contributed by atoms with Gasteiger partial charge in [-0.1, -0.05) is 18.2 Å². The molecule has 6 heteroatoms. The normalized spacial score (nSPS) is 24.1. The van der Waals surface area contributed by atoms with E-state index in [0.29, 0.717) is 24.1 Å². The van der Waals surface area contributed by atoms with Crippen LogP contribution in [0.25, 0.3) is 0 Å². The minimum atomic E-state index is -0.486. The Kier molecular flexibility index (Phi) is 3.53. The predicted octanol–water partition coefficient (Wildman–Crippen LogP) is 2.76. The lowest BCUT2D eigenvalue weighted by Crippen LogP contribution is -2.28. The van der Waals surface area contributed by atoms with Crippen molar-refractivity contribution in [3.05, 3.63) is 58.3 Å². The molecule has 2 unspecified atom stereocenters. The van der Waals surface area contributed by atoms with Crippen molar-refractivity contribution in [1.82, 2.24) is 4.90 Å². The molecule has 2 aromatic rings. The third-order valence-electron chi connectivity index (χ3n) is 4.89. The third kappa shape index (κ3) is 2.82. The van der Waals surface area contributed by atoms with Crippen LogP contribution in [0, 0.1) is 22.0 Å². The lowest BCUT2D eigenvalue weighted by atomic mass is 10.0. The predicted molar refractivity (Wildman–Crippen MR) is 86.3 cm³/mol. The summed E-state index contributed by atoms with van der Waals surface area (Å²) < 4.78 is 5.27. The Labute approximate surface area is 134 Å². The summed E-state index contributed by atoms with van der Waals surface area (Å²) in [7, 11) is 0. The molecule has 3 heterocycles. The van der Waals surface area contributed by atoms with Gasteiger partial charge in [-0.3, -0.25) is 15.0 Å². The van der Waals surface area contributed by atoms with Gasteiger partial charge in [-0.05, 0) is 30.0 Å². The van der Waals surface area contributed by atoms with E-state index in [9.17, 15) is 10.1 Å². The van der Waals surface area contributed by atoms with Crippen molar-refractivity contribution in [2.75, 3.05) is 31.1 Å². The van der Waals surface area contributed by atoms with Gasteiger partial charge in [-0.15, -0.1) is 0 Å². The van der Waals surface area contributed by atoms with E-state index in [1.807, 2.05) is 6.07 Å². The fourth-order valence-corrected chi connectivity index (χ4v) is 3.84. The molecule has 6 nitrogen and oxygen atoms in total. The molecule has 1 aromatic heterocycles. The second kappa shape index (κ2) is 5.70. The van der Waals surface area contributed by atoms with Gasteiger partial charge in [-0.2, -0.15) is 0 Å². The number of rotatable bonds is 4. The van der Waals surface area contributed by atoms with E-state index >= 15 is 0 Å². The van der Waals surface area contributed by atoms with E-state index < -0.39 is 4.92 Å². The van der Waals surface area contributed by atoms with Gasteiger partial charge in [0.2, 0.25) is 0 Å². The lowest BCUT2D eigenvalue weighted by molar-refractivity contribution is -0.402. The second-order valence-corrected chi connectivity index (χ2v) is 6.45. The molecule has 0 amide bonds. The molecule has 2 saturated heterocycles. The molecule has 120 valence electrons. The molecule has 0 N–H and O–H groups in total. The van der Waals surface area contributed by atoms with E-state index in [1.165, 1.54) is 11.8 Å². The van der Waals surface area contributed by atoms with Crippen LogP contribution in [0.3, 0.4) is 0 Å². The second-order valence-electron chi connectivity index (χ2n) is 6.45. The summed E-state index contributed by atoms with van der Waals surface area (Å²) in [6, 6.07) is 13.7. The van der Waals surface area contributed by atoms with Crippen molar-refractivity contribution in [3.8, 4) is 0 Å². The molecule has 0 spiro atoms. The van der Waals surface area contributed by atoms with Gasteiger partial charge in [0.15, 0.2) is 0 Å². The summed E-state index contributed by atoms with van der Waals surface area (Å²) >= 11 is 0. The van der Waals surface area contributed by atoms with Crippen molar-refractivity contribution in [1.29, 1.82) is 0 Å². The zero-order valence-electron chi connectivity index (χ0n) is 12.8. The third-order valence-corrected chi connectivity index (χ3v) is 4.89. The smallest absolute Gasteiger partial charge is 0.404 e. The zero-order chi connectivity index (χ0) is 15.8. The fourth-order valence-electron chi connectivity index (χ4n) is 3.84. The number of likely N-dealkylation sites (tertiary alicyclic amines) is 1. The monoisotopic (exact) mass is 313 g/mol. The highest BCUT2D eigenvalue weighted by Crippen LogP contribution is 2.34. The standard InChI is InChI=1S/C17H19N3O3/c21-20(22)17-7-6-16(23-17)12-18-8-13-10-19(11-14(13)9-18)15-4-2-1-3-5-15/h1-7,13-14H,8-12H2. The molecular weight excluding hydrogens is 294 g/mol. The van der Waals surface area contributed by atoms with E-state index in [-0.39, 0.29) is 5.88 Å². The SMILES string of the molecule is O=[N+]([O-])c1ccc(CN2CC3CN(c4ccccc4)CC3C2)o1. The summed E-state index contributed by atoms with van der Waals surface area (Å²) in [5.41, 5.74) is 1.30. The number of benzene rings is 1. The molecule has 0 bridgehead atoms. The number of nitro groups is 1. The van der Waals surface area contributed by atoms with Crippen LogP contribution in [0.2, 0.25) is 0 Å². The molecular formula is C17H19N3O3. The van der Waals surface area contributed by atoms with Crippen molar-refractivity contribution in [2.24, 2.45) is 11.8 Å². The molecule has 2 fully saturated rings. The maximum atomic E-state index is 10.7. The number of nitrogens with zero attached hydrogens (tertiary/aromatic N) is 3. The average molecular weight is 313 g/mol. The first-order valence-electron chi connectivity index (χ1n) is 7.94. The van der Waals surface area contributed by atoms with Crippen LogP contribution in [0.5, 0.6) is 0 Å². The summed E-state index contributed by atoms with van der Waals surface area (Å²) in [5.74, 6) is 1.84. The van der Waals surface area contributed by atoms with Crippen molar-refractivity contribution < 1.29 is 9.34 Å². The van der Waals surface area contributed by atoms with Crippen molar-refractivity contribution in [3.63, 3.8) is 0 Å². The molecule has 23 heavy (non-hydrogen) atoms. The Hall–Kier alpha value is -2.34. The Morgan fingerprint density at radius 2 is 1.74 bits per heavy atom. The number of furan rings is 1. The van der Waals surface area contributed by atoms with Gasteiger partial charge in [0.25, 0.3) is 0 Å². The first-order chi connectivity index (χ1) is 11.2. The highest BCUT2D eigenvalue weighted by atomic mass is 16.6. The Morgan fingerprint density at radius 1 is 1.04 bits per heavy atom. The van der Waals surface area contributed by atoms with Crippen LogP contribution < -0.4 is 4.90 Å².